The van der Waals surface area contributed by atoms with Crippen LogP contribution in [0.2, 0.25) is 0 Å². The number of aromatic nitrogens is 1. The summed E-state index contributed by atoms with van der Waals surface area (Å²) in [5, 5.41) is 0.876. The predicted molar refractivity (Wildman–Crippen MR) is 101 cm³/mol. The minimum absolute atomic E-state index is 0.224. The smallest absolute Gasteiger partial charge is 0.193 e. The molecule has 2 aromatic carbocycles. The monoisotopic (exact) mass is 317 g/mol. The molecule has 24 heavy (non-hydrogen) atoms. The maximum absolute atomic E-state index is 13.2. The van der Waals surface area contributed by atoms with Gasteiger partial charge in [0, 0.05) is 23.1 Å². The Morgan fingerprint density at radius 2 is 1.88 bits per heavy atom. The normalized spacial score (nSPS) is 13.2. The summed E-state index contributed by atoms with van der Waals surface area (Å²) in [5.74, 6) is 0.431. The molecule has 3 aromatic rings. The van der Waals surface area contributed by atoms with Gasteiger partial charge in [0.15, 0.2) is 5.43 Å². The van der Waals surface area contributed by atoms with Crippen LogP contribution in [0.4, 0.5) is 0 Å². The number of hydrogen-bond donors (Lipinski definition) is 0. The van der Waals surface area contributed by atoms with Crippen LogP contribution in [0.15, 0.2) is 47.3 Å². The molecule has 0 N–H and O–H groups in total. The van der Waals surface area contributed by atoms with Crippen molar-refractivity contribution < 1.29 is 0 Å². The van der Waals surface area contributed by atoms with E-state index < -0.39 is 0 Å². The van der Waals surface area contributed by atoms with Crippen LogP contribution in [-0.2, 0) is 19.4 Å². The average Bonchev–Trinajstić information content (AvgIpc) is 2.61. The second-order valence-electron chi connectivity index (χ2n) is 6.99. The van der Waals surface area contributed by atoms with E-state index in [1.54, 1.807) is 0 Å². The zero-order valence-electron chi connectivity index (χ0n) is 14.6. The Balaban J connectivity index is 2.13. The molecule has 0 fully saturated rings. The van der Waals surface area contributed by atoms with Crippen molar-refractivity contribution in [3.05, 3.63) is 69.4 Å². The maximum Gasteiger partial charge on any atom is 0.193 e. The lowest BCUT2D eigenvalue weighted by Gasteiger charge is -2.25. The van der Waals surface area contributed by atoms with E-state index in [0.717, 1.165) is 41.5 Å². The summed E-state index contributed by atoms with van der Waals surface area (Å²) in [5.41, 5.74) is 7.22. The third kappa shape index (κ3) is 2.13. The van der Waals surface area contributed by atoms with E-state index in [9.17, 15) is 4.79 Å². The number of benzene rings is 2. The van der Waals surface area contributed by atoms with Crippen molar-refractivity contribution in [3.8, 4) is 11.3 Å². The maximum atomic E-state index is 13.2. The number of aryl methyl sites for hydroxylation is 2. The third-order valence-corrected chi connectivity index (χ3v) is 5.29. The molecule has 0 aliphatic heterocycles. The molecule has 1 heterocycles. The molecule has 0 saturated heterocycles. The summed E-state index contributed by atoms with van der Waals surface area (Å²) in [6, 6.07) is 14.9. The fourth-order valence-electron chi connectivity index (χ4n) is 3.98. The van der Waals surface area contributed by atoms with Gasteiger partial charge in [-0.1, -0.05) is 44.2 Å². The Labute approximate surface area is 142 Å². The highest BCUT2D eigenvalue weighted by Gasteiger charge is 2.23. The SMILES string of the molecule is CCn1c2c(c(=O)c3cc(C(C)C)ccc31)CCc1ccccc1-2. The lowest BCUT2D eigenvalue weighted by Crippen LogP contribution is -2.22. The van der Waals surface area contributed by atoms with Crippen molar-refractivity contribution >= 4 is 10.9 Å². The van der Waals surface area contributed by atoms with Crippen LogP contribution in [0.5, 0.6) is 0 Å². The topological polar surface area (TPSA) is 22.0 Å². The first-order chi connectivity index (χ1) is 11.6. The van der Waals surface area contributed by atoms with Gasteiger partial charge in [-0.2, -0.15) is 0 Å². The quantitative estimate of drug-likeness (QED) is 0.658. The summed E-state index contributed by atoms with van der Waals surface area (Å²) in [7, 11) is 0. The highest BCUT2D eigenvalue weighted by atomic mass is 16.1. The van der Waals surface area contributed by atoms with E-state index in [4.69, 9.17) is 0 Å². The van der Waals surface area contributed by atoms with Gasteiger partial charge in [0.25, 0.3) is 0 Å². The molecule has 1 aromatic heterocycles. The van der Waals surface area contributed by atoms with Crippen molar-refractivity contribution in [1.29, 1.82) is 0 Å². The highest BCUT2D eigenvalue weighted by Crippen LogP contribution is 2.34. The molecular formula is C22H23NO. The summed E-state index contributed by atoms with van der Waals surface area (Å²) >= 11 is 0. The summed E-state index contributed by atoms with van der Waals surface area (Å²) in [6.45, 7) is 7.38. The number of fused-ring (bicyclic) bond motifs is 4. The van der Waals surface area contributed by atoms with E-state index in [2.05, 4.69) is 67.8 Å². The highest BCUT2D eigenvalue weighted by molar-refractivity contribution is 5.86. The van der Waals surface area contributed by atoms with E-state index in [1.807, 2.05) is 0 Å². The Morgan fingerprint density at radius 1 is 1.08 bits per heavy atom. The largest absolute Gasteiger partial charge is 0.340 e. The minimum Gasteiger partial charge on any atom is -0.340 e. The van der Waals surface area contributed by atoms with Crippen LogP contribution >= 0.6 is 0 Å². The van der Waals surface area contributed by atoms with Crippen LogP contribution in [0.3, 0.4) is 0 Å². The van der Waals surface area contributed by atoms with E-state index in [-0.39, 0.29) is 5.43 Å². The number of rotatable bonds is 2. The zero-order valence-corrected chi connectivity index (χ0v) is 14.6. The lowest BCUT2D eigenvalue weighted by atomic mass is 9.87. The van der Waals surface area contributed by atoms with Crippen LogP contribution in [-0.4, -0.2) is 4.57 Å². The van der Waals surface area contributed by atoms with Gasteiger partial charge in [0.2, 0.25) is 0 Å². The van der Waals surface area contributed by atoms with Crippen molar-refractivity contribution in [3.63, 3.8) is 0 Å². The molecule has 1 aliphatic carbocycles. The average molecular weight is 317 g/mol. The lowest BCUT2D eigenvalue weighted by molar-refractivity contribution is 0.770. The standard InChI is InChI=1S/C22H23NO/c1-4-23-20-12-10-16(14(2)3)13-19(20)22(24)18-11-9-15-7-5-6-8-17(15)21(18)23/h5-8,10,12-14H,4,9,11H2,1-3H3. The van der Waals surface area contributed by atoms with Crippen molar-refractivity contribution in [2.75, 3.05) is 0 Å². The Kier molecular flexibility index (Phi) is 3.56. The van der Waals surface area contributed by atoms with Gasteiger partial charge in [-0.3, -0.25) is 4.79 Å². The van der Waals surface area contributed by atoms with Crippen molar-refractivity contribution in [1.82, 2.24) is 4.57 Å². The molecule has 2 nitrogen and oxygen atoms in total. The molecule has 0 amide bonds. The zero-order chi connectivity index (χ0) is 16.8. The molecule has 0 spiro atoms. The van der Waals surface area contributed by atoms with E-state index in [0.29, 0.717) is 5.92 Å². The Morgan fingerprint density at radius 3 is 2.62 bits per heavy atom. The second kappa shape index (κ2) is 5.62. The van der Waals surface area contributed by atoms with Gasteiger partial charge in [-0.25, -0.2) is 0 Å². The van der Waals surface area contributed by atoms with Crippen molar-refractivity contribution in [2.24, 2.45) is 0 Å². The predicted octanol–water partition coefficient (Wildman–Crippen LogP) is 4.91. The Hall–Kier alpha value is -2.35. The van der Waals surface area contributed by atoms with Crippen LogP contribution in [0.1, 0.15) is 43.4 Å². The van der Waals surface area contributed by atoms with Gasteiger partial charge in [-0.15, -0.1) is 0 Å². The van der Waals surface area contributed by atoms with Gasteiger partial charge in [0.05, 0.1) is 11.2 Å². The van der Waals surface area contributed by atoms with E-state index in [1.165, 1.54) is 16.7 Å². The van der Waals surface area contributed by atoms with Crippen LogP contribution in [0, 0.1) is 0 Å². The molecule has 0 unspecified atom stereocenters. The molecule has 2 heteroatoms. The molecule has 0 saturated carbocycles. The summed E-state index contributed by atoms with van der Waals surface area (Å²) in [4.78, 5) is 13.2. The first kappa shape index (κ1) is 15.2. The van der Waals surface area contributed by atoms with Crippen LogP contribution < -0.4 is 5.43 Å². The fraction of sp³-hybridized carbons (Fsp3) is 0.318. The van der Waals surface area contributed by atoms with Gasteiger partial charge in [0.1, 0.15) is 0 Å². The Bertz CT molecular complexity index is 995. The third-order valence-electron chi connectivity index (χ3n) is 5.29. The summed E-state index contributed by atoms with van der Waals surface area (Å²) in [6.07, 6.45) is 1.80. The first-order valence-corrected chi connectivity index (χ1v) is 8.89. The number of pyridine rings is 1. The van der Waals surface area contributed by atoms with Gasteiger partial charge >= 0.3 is 0 Å². The number of nitrogens with zero attached hydrogens (tertiary/aromatic N) is 1. The van der Waals surface area contributed by atoms with E-state index >= 15 is 0 Å². The molecule has 0 radical (unpaired) electrons. The molecular weight excluding hydrogens is 294 g/mol. The molecule has 1 aliphatic rings. The number of hydrogen-bond acceptors (Lipinski definition) is 1. The second-order valence-corrected chi connectivity index (χ2v) is 6.99. The first-order valence-electron chi connectivity index (χ1n) is 8.89. The fourth-order valence-corrected chi connectivity index (χ4v) is 3.98. The molecule has 0 atom stereocenters. The summed E-state index contributed by atoms with van der Waals surface area (Å²) < 4.78 is 2.33. The van der Waals surface area contributed by atoms with Crippen LogP contribution in [0.25, 0.3) is 22.2 Å². The van der Waals surface area contributed by atoms with Gasteiger partial charge < -0.3 is 4.57 Å². The minimum atomic E-state index is 0.224. The molecule has 0 bridgehead atoms. The molecule has 122 valence electrons. The van der Waals surface area contributed by atoms with Gasteiger partial charge in [-0.05, 0) is 48.9 Å². The molecule has 4 rings (SSSR count). The van der Waals surface area contributed by atoms with Crippen molar-refractivity contribution in [2.45, 2.75) is 46.1 Å².